The highest BCUT2D eigenvalue weighted by molar-refractivity contribution is 5.30. The fourth-order valence-corrected chi connectivity index (χ4v) is 1.51. The minimum Gasteiger partial charge on any atom is -0.395 e. The second-order valence-corrected chi connectivity index (χ2v) is 3.77. The number of alkyl halides is 2. The first-order valence-corrected chi connectivity index (χ1v) is 5.81. The molecule has 0 fully saturated rings. The lowest BCUT2D eigenvalue weighted by Gasteiger charge is -2.20. The van der Waals surface area contributed by atoms with Crippen molar-refractivity contribution in [3.8, 4) is 0 Å². The summed E-state index contributed by atoms with van der Waals surface area (Å²) in [5.74, 6) is 0.656. The number of aliphatic hydroxyl groups is 1. The van der Waals surface area contributed by atoms with Crippen LogP contribution in [0.15, 0.2) is 12.4 Å². The molecule has 5 nitrogen and oxygen atoms in total. The summed E-state index contributed by atoms with van der Waals surface area (Å²) >= 11 is 0. The molecule has 2 N–H and O–H groups in total. The van der Waals surface area contributed by atoms with Crippen LogP contribution in [0.1, 0.15) is 12.6 Å². The molecule has 1 heterocycles. The smallest absolute Gasteiger partial charge is 0.251 e. The molecule has 1 aromatic rings. The van der Waals surface area contributed by atoms with Gasteiger partial charge in [-0.25, -0.2) is 13.8 Å². The van der Waals surface area contributed by atoms with Gasteiger partial charge in [-0.2, -0.15) is 0 Å². The summed E-state index contributed by atoms with van der Waals surface area (Å²) < 4.78 is 24.6. The Hall–Kier alpha value is -1.34. The molecule has 0 aliphatic carbocycles. The summed E-state index contributed by atoms with van der Waals surface area (Å²) in [5, 5.41) is 11.8. The molecule has 0 spiro atoms. The molecule has 0 radical (unpaired) electrons. The number of aromatic nitrogens is 2. The maximum atomic E-state index is 12.3. The highest BCUT2D eigenvalue weighted by Crippen LogP contribution is 2.06. The predicted molar refractivity (Wildman–Crippen MR) is 64.6 cm³/mol. The van der Waals surface area contributed by atoms with Crippen molar-refractivity contribution in [2.75, 3.05) is 31.6 Å². The van der Waals surface area contributed by atoms with Crippen LogP contribution in [0.25, 0.3) is 0 Å². The fraction of sp³-hybridized carbons (Fsp3) is 0.636. The van der Waals surface area contributed by atoms with Crippen molar-refractivity contribution < 1.29 is 13.9 Å². The standard InChI is InChI=1S/C11H18F2N4O/c1-2-14-11-6-15-9(5-16-11)7-17(3-4-18)8-10(12)13/h5-6,10,18H,2-4,7-8H2,1H3,(H,14,16). The second kappa shape index (κ2) is 7.88. The van der Waals surface area contributed by atoms with Crippen molar-refractivity contribution in [2.45, 2.75) is 19.9 Å². The Bertz CT molecular complexity index is 334. The molecule has 0 saturated carbocycles. The lowest BCUT2D eigenvalue weighted by molar-refractivity contribution is 0.0740. The monoisotopic (exact) mass is 260 g/mol. The Labute approximate surface area is 105 Å². The van der Waals surface area contributed by atoms with Gasteiger partial charge in [-0.1, -0.05) is 0 Å². The van der Waals surface area contributed by atoms with Crippen molar-refractivity contribution in [3.63, 3.8) is 0 Å². The fourth-order valence-electron chi connectivity index (χ4n) is 1.51. The van der Waals surface area contributed by atoms with E-state index in [1.54, 1.807) is 12.4 Å². The number of halogens is 2. The van der Waals surface area contributed by atoms with Gasteiger partial charge < -0.3 is 10.4 Å². The van der Waals surface area contributed by atoms with Crippen LogP contribution in [0.4, 0.5) is 14.6 Å². The largest absolute Gasteiger partial charge is 0.395 e. The van der Waals surface area contributed by atoms with Gasteiger partial charge in [0.25, 0.3) is 6.43 Å². The van der Waals surface area contributed by atoms with E-state index in [9.17, 15) is 8.78 Å². The first kappa shape index (κ1) is 14.7. The SMILES string of the molecule is CCNc1cnc(CN(CCO)CC(F)F)cn1. The Morgan fingerprint density at radius 3 is 2.67 bits per heavy atom. The molecule has 0 unspecified atom stereocenters. The van der Waals surface area contributed by atoms with E-state index in [1.165, 1.54) is 4.90 Å². The number of hydrogen-bond acceptors (Lipinski definition) is 5. The Kier molecular flexibility index (Phi) is 6.45. The van der Waals surface area contributed by atoms with Crippen LogP contribution in [0, 0.1) is 0 Å². The summed E-state index contributed by atoms with van der Waals surface area (Å²) in [7, 11) is 0. The molecule has 0 bridgehead atoms. The summed E-state index contributed by atoms with van der Waals surface area (Å²) in [5.41, 5.74) is 0.603. The van der Waals surface area contributed by atoms with E-state index in [4.69, 9.17) is 5.11 Å². The minimum absolute atomic E-state index is 0.157. The van der Waals surface area contributed by atoms with Crippen LogP contribution in [0.5, 0.6) is 0 Å². The topological polar surface area (TPSA) is 61.3 Å². The molecule has 0 aliphatic rings. The number of rotatable bonds is 8. The number of aliphatic hydroxyl groups excluding tert-OH is 1. The van der Waals surface area contributed by atoms with Crippen molar-refractivity contribution >= 4 is 5.82 Å². The third-order valence-electron chi connectivity index (χ3n) is 2.26. The normalized spacial score (nSPS) is 11.2. The number of nitrogens with zero attached hydrogens (tertiary/aromatic N) is 3. The molecule has 102 valence electrons. The van der Waals surface area contributed by atoms with Gasteiger partial charge in [0.05, 0.1) is 31.2 Å². The Morgan fingerprint density at radius 2 is 2.17 bits per heavy atom. The van der Waals surface area contributed by atoms with Gasteiger partial charge in [0.1, 0.15) is 5.82 Å². The zero-order chi connectivity index (χ0) is 13.4. The van der Waals surface area contributed by atoms with E-state index >= 15 is 0 Å². The molecule has 0 aromatic carbocycles. The van der Waals surface area contributed by atoms with Crippen LogP contribution in [0.2, 0.25) is 0 Å². The molecule has 1 rings (SSSR count). The van der Waals surface area contributed by atoms with E-state index in [2.05, 4.69) is 15.3 Å². The van der Waals surface area contributed by atoms with Gasteiger partial charge in [0.2, 0.25) is 0 Å². The third kappa shape index (κ3) is 5.33. The van der Waals surface area contributed by atoms with Crippen LogP contribution < -0.4 is 5.32 Å². The maximum absolute atomic E-state index is 12.3. The predicted octanol–water partition coefficient (Wildman–Crippen LogP) is 0.968. The Balaban J connectivity index is 2.56. The molecule has 1 aromatic heterocycles. The first-order valence-electron chi connectivity index (χ1n) is 5.81. The second-order valence-electron chi connectivity index (χ2n) is 3.77. The number of hydrogen-bond donors (Lipinski definition) is 2. The van der Waals surface area contributed by atoms with E-state index in [0.29, 0.717) is 11.5 Å². The van der Waals surface area contributed by atoms with Gasteiger partial charge in [-0.3, -0.25) is 9.88 Å². The highest BCUT2D eigenvalue weighted by Gasteiger charge is 2.12. The zero-order valence-corrected chi connectivity index (χ0v) is 10.3. The minimum atomic E-state index is -2.43. The molecular weight excluding hydrogens is 242 g/mol. The summed E-state index contributed by atoms with van der Waals surface area (Å²) in [6, 6.07) is 0. The molecule has 0 amide bonds. The van der Waals surface area contributed by atoms with E-state index in [-0.39, 0.29) is 26.2 Å². The lowest BCUT2D eigenvalue weighted by Crippen LogP contribution is -2.31. The highest BCUT2D eigenvalue weighted by atomic mass is 19.3. The molecule has 7 heteroatoms. The molecule has 0 atom stereocenters. The van der Waals surface area contributed by atoms with Crippen molar-refractivity contribution in [1.29, 1.82) is 0 Å². The molecule has 0 saturated heterocycles. The summed E-state index contributed by atoms with van der Waals surface area (Å²) in [6.45, 7) is 2.61. The number of nitrogens with one attached hydrogen (secondary N) is 1. The van der Waals surface area contributed by atoms with Crippen LogP contribution in [0.3, 0.4) is 0 Å². The van der Waals surface area contributed by atoms with Gasteiger partial charge in [0, 0.05) is 19.6 Å². The summed E-state index contributed by atoms with van der Waals surface area (Å²) in [6.07, 6.45) is 0.692. The third-order valence-corrected chi connectivity index (χ3v) is 2.26. The van der Waals surface area contributed by atoms with Crippen molar-refractivity contribution in [1.82, 2.24) is 14.9 Å². The quantitative estimate of drug-likeness (QED) is 0.729. The zero-order valence-electron chi connectivity index (χ0n) is 10.3. The van der Waals surface area contributed by atoms with E-state index in [0.717, 1.165) is 6.54 Å². The van der Waals surface area contributed by atoms with Crippen molar-refractivity contribution in [2.24, 2.45) is 0 Å². The van der Waals surface area contributed by atoms with Gasteiger partial charge in [-0.05, 0) is 6.92 Å². The van der Waals surface area contributed by atoms with Gasteiger partial charge >= 0.3 is 0 Å². The van der Waals surface area contributed by atoms with Crippen LogP contribution in [-0.4, -0.2) is 52.6 Å². The van der Waals surface area contributed by atoms with Crippen LogP contribution in [-0.2, 0) is 6.54 Å². The maximum Gasteiger partial charge on any atom is 0.251 e. The lowest BCUT2D eigenvalue weighted by atomic mass is 10.3. The van der Waals surface area contributed by atoms with Crippen molar-refractivity contribution in [3.05, 3.63) is 18.1 Å². The molecule has 0 aliphatic heterocycles. The van der Waals surface area contributed by atoms with Gasteiger partial charge in [0.15, 0.2) is 0 Å². The first-order chi connectivity index (χ1) is 8.65. The number of anilines is 1. The average Bonchev–Trinajstić information content (AvgIpc) is 2.31. The summed E-state index contributed by atoms with van der Waals surface area (Å²) in [4.78, 5) is 9.69. The van der Waals surface area contributed by atoms with E-state index in [1.807, 2.05) is 6.92 Å². The molecule has 18 heavy (non-hydrogen) atoms. The molecular formula is C11H18F2N4O. The average molecular weight is 260 g/mol. The van der Waals surface area contributed by atoms with E-state index < -0.39 is 6.43 Å². The Morgan fingerprint density at radius 1 is 1.39 bits per heavy atom. The van der Waals surface area contributed by atoms with Gasteiger partial charge in [-0.15, -0.1) is 0 Å². The van der Waals surface area contributed by atoms with Crippen LogP contribution >= 0.6 is 0 Å².